The van der Waals surface area contributed by atoms with Crippen LogP contribution in [0.2, 0.25) is 0 Å². The lowest BCUT2D eigenvalue weighted by Gasteiger charge is -2.40. The predicted molar refractivity (Wildman–Crippen MR) is 71.9 cm³/mol. The molecule has 2 aliphatic rings. The summed E-state index contributed by atoms with van der Waals surface area (Å²) in [6.07, 6.45) is 4.13. The molecule has 0 bridgehead atoms. The number of fused-ring (bicyclic) bond motifs is 1. The first-order chi connectivity index (χ1) is 9.13. The Bertz CT molecular complexity index is 497. The molecule has 1 aromatic carbocycles. The highest BCUT2D eigenvalue weighted by Crippen LogP contribution is 2.48. The molecule has 0 saturated heterocycles. The van der Waals surface area contributed by atoms with Crippen LogP contribution in [0.3, 0.4) is 0 Å². The highest BCUT2D eigenvalue weighted by molar-refractivity contribution is 5.76. The van der Waals surface area contributed by atoms with Gasteiger partial charge in [0.2, 0.25) is 0 Å². The van der Waals surface area contributed by atoms with Gasteiger partial charge in [-0.1, -0.05) is 30.7 Å². The monoisotopic (exact) mass is 260 g/mol. The molecular weight excluding hydrogens is 240 g/mol. The maximum absolute atomic E-state index is 11.9. The number of aliphatic carboxylic acids is 1. The van der Waals surface area contributed by atoms with Crippen LogP contribution in [0.1, 0.15) is 36.8 Å². The fourth-order valence-electron chi connectivity index (χ4n) is 4.00. The van der Waals surface area contributed by atoms with E-state index in [1.165, 1.54) is 5.56 Å². The zero-order chi connectivity index (χ0) is 13.5. The highest BCUT2D eigenvalue weighted by atomic mass is 16.4. The summed E-state index contributed by atoms with van der Waals surface area (Å²) in [6, 6.07) is 8.11. The van der Waals surface area contributed by atoms with E-state index in [0.717, 1.165) is 31.2 Å². The average Bonchev–Trinajstić information content (AvgIpc) is 2.84. The van der Waals surface area contributed by atoms with Crippen LogP contribution in [0.25, 0.3) is 0 Å². The molecule has 2 aliphatic carbocycles. The highest BCUT2D eigenvalue weighted by Gasteiger charge is 2.51. The first kappa shape index (κ1) is 12.7. The topological polar surface area (TPSA) is 57.5 Å². The molecule has 0 heterocycles. The normalized spacial score (nSPS) is 33.9. The van der Waals surface area contributed by atoms with Crippen LogP contribution in [0.15, 0.2) is 24.3 Å². The van der Waals surface area contributed by atoms with Crippen LogP contribution in [0.5, 0.6) is 0 Å². The van der Waals surface area contributed by atoms with Crippen molar-refractivity contribution in [3.05, 3.63) is 35.4 Å². The van der Waals surface area contributed by atoms with Gasteiger partial charge in [0.1, 0.15) is 0 Å². The van der Waals surface area contributed by atoms with E-state index >= 15 is 0 Å². The third kappa shape index (κ3) is 1.96. The van der Waals surface area contributed by atoms with E-state index in [-0.39, 0.29) is 5.92 Å². The van der Waals surface area contributed by atoms with E-state index in [1.807, 2.05) is 18.2 Å². The van der Waals surface area contributed by atoms with E-state index in [2.05, 4.69) is 6.07 Å². The fourth-order valence-corrected chi connectivity index (χ4v) is 4.00. The van der Waals surface area contributed by atoms with Crippen LogP contribution in [0.4, 0.5) is 0 Å². The summed E-state index contributed by atoms with van der Waals surface area (Å²) in [4.78, 5) is 11.9. The summed E-state index contributed by atoms with van der Waals surface area (Å²) in [5, 5.41) is 19.9. The molecule has 0 aromatic heterocycles. The Morgan fingerprint density at radius 3 is 2.58 bits per heavy atom. The van der Waals surface area contributed by atoms with Crippen LogP contribution < -0.4 is 0 Å². The maximum atomic E-state index is 11.9. The number of hydrogen-bond donors (Lipinski definition) is 2. The van der Waals surface area contributed by atoms with Crippen LogP contribution in [-0.2, 0) is 17.6 Å². The summed E-state index contributed by atoms with van der Waals surface area (Å²) >= 11 is 0. The Balaban J connectivity index is 1.98. The van der Waals surface area contributed by atoms with Gasteiger partial charge in [0.25, 0.3) is 0 Å². The standard InChI is InChI=1S/C16H20O3/c17-14-7-3-6-13(14)16(15(18)19)9-8-11-4-1-2-5-12(11)10-16/h1-2,4-5,13-14,17H,3,6-10H2,(H,18,19). The predicted octanol–water partition coefficient (Wildman–Crippen LogP) is 2.41. The zero-order valence-electron chi connectivity index (χ0n) is 11.0. The lowest BCUT2D eigenvalue weighted by molar-refractivity contribution is -0.156. The van der Waals surface area contributed by atoms with Crippen LogP contribution in [0, 0.1) is 11.3 Å². The molecule has 3 nitrogen and oxygen atoms in total. The molecule has 3 rings (SSSR count). The number of carbonyl (C=O) groups is 1. The molecule has 2 N–H and O–H groups in total. The van der Waals surface area contributed by atoms with Crippen molar-refractivity contribution in [3.63, 3.8) is 0 Å². The second-order valence-electron chi connectivity index (χ2n) is 6.01. The van der Waals surface area contributed by atoms with Gasteiger partial charge in [-0.15, -0.1) is 0 Å². The molecule has 1 aromatic rings. The van der Waals surface area contributed by atoms with Crippen molar-refractivity contribution in [2.24, 2.45) is 11.3 Å². The number of aliphatic hydroxyl groups excluding tert-OH is 1. The van der Waals surface area contributed by atoms with E-state index in [9.17, 15) is 15.0 Å². The van der Waals surface area contributed by atoms with Gasteiger partial charge in [0.05, 0.1) is 11.5 Å². The quantitative estimate of drug-likeness (QED) is 0.858. The lowest BCUT2D eigenvalue weighted by Crippen LogP contribution is -2.46. The Labute approximate surface area is 113 Å². The number of aliphatic hydroxyl groups is 1. The van der Waals surface area contributed by atoms with E-state index in [0.29, 0.717) is 12.8 Å². The number of rotatable bonds is 2. The van der Waals surface area contributed by atoms with Gasteiger partial charge < -0.3 is 10.2 Å². The third-order valence-corrected chi connectivity index (χ3v) is 5.08. The first-order valence-electron chi connectivity index (χ1n) is 7.12. The van der Waals surface area contributed by atoms with Gasteiger partial charge in [-0.3, -0.25) is 4.79 Å². The second-order valence-corrected chi connectivity index (χ2v) is 6.01. The van der Waals surface area contributed by atoms with Crippen molar-refractivity contribution < 1.29 is 15.0 Å². The van der Waals surface area contributed by atoms with Crippen LogP contribution >= 0.6 is 0 Å². The van der Waals surface area contributed by atoms with E-state index in [4.69, 9.17) is 0 Å². The molecule has 0 amide bonds. The average molecular weight is 260 g/mol. The van der Waals surface area contributed by atoms with Crippen molar-refractivity contribution in [1.29, 1.82) is 0 Å². The second kappa shape index (κ2) is 4.64. The minimum Gasteiger partial charge on any atom is -0.481 e. The van der Waals surface area contributed by atoms with Gasteiger partial charge in [-0.25, -0.2) is 0 Å². The molecule has 102 valence electrons. The first-order valence-corrected chi connectivity index (χ1v) is 7.12. The zero-order valence-corrected chi connectivity index (χ0v) is 11.0. The lowest BCUT2D eigenvalue weighted by atomic mass is 9.63. The van der Waals surface area contributed by atoms with E-state index in [1.54, 1.807) is 0 Å². The van der Waals surface area contributed by atoms with Gasteiger partial charge in [-0.2, -0.15) is 0 Å². The fraction of sp³-hybridized carbons (Fsp3) is 0.562. The summed E-state index contributed by atoms with van der Waals surface area (Å²) in [7, 11) is 0. The molecule has 3 unspecified atom stereocenters. The Morgan fingerprint density at radius 1 is 1.21 bits per heavy atom. The molecular formula is C16H20O3. The summed E-state index contributed by atoms with van der Waals surface area (Å²) in [5.41, 5.74) is 1.66. The summed E-state index contributed by atoms with van der Waals surface area (Å²) in [6.45, 7) is 0. The van der Waals surface area contributed by atoms with Gasteiger partial charge in [0.15, 0.2) is 0 Å². The van der Waals surface area contributed by atoms with Crippen molar-refractivity contribution in [3.8, 4) is 0 Å². The number of hydrogen-bond acceptors (Lipinski definition) is 2. The Hall–Kier alpha value is -1.35. The van der Waals surface area contributed by atoms with Crippen molar-refractivity contribution in [2.45, 2.75) is 44.6 Å². The molecule has 19 heavy (non-hydrogen) atoms. The number of benzene rings is 1. The Kier molecular flexibility index (Phi) is 3.09. The molecule has 3 heteroatoms. The number of carboxylic acids is 1. The van der Waals surface area contributed by atoms with Gasteiger partial charge in [-0.05, 0) is 43.2 Å². The van der Waals surface area contributed by atoms with Gasteiger partial charge >= 0.3 is 5.97 Å². The largest absolute Gasteiger partial charge is 0.481 e. The van der Waals surface area contributed by atoms with Crippen molar-refractivity contribution in [1.82, 2.24) is 0 Å². The Morgan fingerprint density at radius 2 is 1.95 bits per heavy atom. The molecule has 3 atom stereocenters. The molecule has 1 saturated carbocycles. The minimum absolute atomic E-state index is 0.0849. The van der Waals surface area contributed by atoms with Gasteiger partial charge in [0, 0.05) is 5.92 Å². The number of aryl methyl sites for hydroxylation is 1. The molecule has 1 fully saturated rings. The van der Waals surface area contributed by atoms with E-state index < -0.39 is 17.5 Å². The summed E-state index contributed by atoms with van der Waals surface area (Å²) < 4.78 is 0. The third-order valence-electron chi connectivity index (χ3n) is 5.08. The summed E-state index contributed by atoms with van der Waals surface area (Å²) in [5.74, 6) is -0.814. The maximum Gasteiger partial charge on any atom is 0.310 e. The van der Waals surface area contributed by atoms with Crippen molar-refractivity contribution in [2.75, 3.05) is 0 Å². The molecule has 0 radical (unpaired) electrons. The molecule has 0 aliphatic heterocycles. The van der Waals surface area contributed by atoms with Crippen LogP contribution in [-0.4, -0.2) is 22.3 Å². The number of carboxylic acid groups (broad SMARTS) is 1. The molecule has 0 spiro atoms. The van der Waals surface area contributed by atoms with Crippen molar-refractivity contribution >= 4 is 5.97 Å². The SMILES string of the molecule is O=C(O)C1(C2CCCC2O)CCc2ccccc2C1. The smallest absolute Gasteiger partial charge is 0.310 e. The minimum atomic E-state index is -0.760.